The van der Waals surface area contributed by atoms with Crippen molar-refractivity contribution in [3.05, 3.63) is 0 Å². The molecule has 16 heavy (non-hydrogen) atoms. The summed E-state index contributed by atoms with van der Waals surface area (Å²) in [5.41, 5.74) is 0. The molecular weight excluding hydrogens is 210 g/mol. The van der Waals surface area contributed by atoms with Crippen LogP contribution in [-0.2, 0) is 14.3 Å². The lowest BCUT2D eigenvalue weighted by Gasteiger charge is -2.16. The van der Waals surface area contributed by atoms with Gasteiger partial charge in [-0.2, -0.15) is 0 Å². The van der Waals surface area contributed by atoms with E-state index >= 15 is 0 Å². The summed E-state index contributed by atoms with van der Waals surface area (Å²) in [6.07, 6.45) is 3.44. The molecule has 1 saturated heterocycles. The number of rotatable bonds is 5. The van der Waals surface area contributed by atoms with Crippen molar-refractivity contribution in [3.8, 4) is 0 Å². The van der Waals surface area contributed by atoms with E-state index in [0.29, 0.717) is 32.0 Å². The van der Waals surface area contributed by atoms with Gasteiger partial charge in [0.15, 0.2) is 0 Å². The lowest BCUT2D eigenvalue weighted by molar-refractivity contribution is -0.142. The number of hydrogen-bond acceptors (Lipinski definition) is 3. The van der Waals surface area contributed by atoms with Crippen LogP contribution in [0.15, 0.2) is 0 Å². The normalized spacial score (nSPS) is 26.4. The first-order valence-electron chi connectivity index (χ1n) is 5.77. The Labute approximate surface area is 94.2 Å². The summed E-state index contributed by atoms with van der Waals surface area (Å²) in [4.78, 5) is 22.7. The molecule has 1 amide bonds. The third-order valence-electron chi connectivity index (χ3n) is 3.18. The van der Waals surface area contributed by atoms with Gasteiger partial charge < -0.3 is 15.2 Å². The standard InChI is InChI=1S/C11H17NO4/c13-10(8-3-4-16-6-8)12-9(11(14)15)5-7-1-2-7/h7-9H,1-6H2,(H,12,13)(H,14,15)/t8-,9+/m0/s1. The minimum atomic E-state index is -0.931. The van der Waals surface area contributed by atoms with Gasteiger partial charge in [0, 0.05) is 6.61 Å². The highest BCUT2D eigenvalue weighted by molar-refractivity contribution is 5.85. The van der Waals surface area contributed by atoms with E-state index in [4.69, 9.17) is 9.84 Å². The molecule has 0 bridgehead atoms. The Morgan fingerprint density at radius 2 is 2.12 bits per heavy atom. The number of carbonyl (C=O) groups is 2. The molecule has 2 atom stereocenters. The molecule has 0 radical (unpaired) electrons. The summed E-state index contributed by atoms with van der Waals surface area (Å²) in [5.74, 6) is -0.785. The fourth-order valence-corrected chi connectivity index (χ4v) is 1.94. The Morgan fingerprint density at radius 1 is 1.38 bits per heavy atom. The Balaban J connectivity index is 1.83. The molecule has 0 spiro atoms. The van der Waals surface area contributed by atoms with Crippen LogP contribution in [0.1, 0.15) is 25.7 Å². The van der Waals surface area contributed by atoms with E-state index in [1.165, 1.54) is 0 Å². The molecule has 0 aromatic carbocycles. The molecule has 5 nitrogen and oxygen atoms in total. The monoisotopic (exact) mass is 227 g/mol. The van der Waals surface area contributed by atoms with Crippen molar-refractivity contribution in [3.63, 3.8) is 0 Å². The van der Waals surface area contributed by atoms with E-state index in [-0.39, 0.29) is 11.8 Å². The van der Waals surface area contributed by atoms with E-state index in [1.807, 2.05) is 0 Å². The average molecular weight is 227 g/mol. The molecule has 1 heterocycles. The zero-order chi connectivity index (χ0) is 11.5. The van der Waals surface area contributed by atoms with Crippen molar-refractivity contribution < 1.29 is 19.4 Å². The van der Waals surface area contributed by atoms with Gasteiger partial charge in [-0.3, -0.25) is 4.79 Å². The van der Waals surface area contributed by atoms with Gasteiger partial charge in [-0.1, -0.05) is 12.8 Å². The molecule has 0 aromatic rings. The second-order valence-electron chi connectivity index (χ2n) is 4.64. The van der Waals surface area contributed by atoms with Crippen molar-refractivity contribution in [1.29, 1.82) is 0 Å². The van der Waals surface area contributed by atoms with E-state index in [9.17, 15) is 9.59 Å². The summed E-state index contributed by atoms with van der Waals surface area (Å²) >= 11 is 0. The molecule has 2 fully saturated rings. The van der Waals surface area contributed by atoms with Crippen LogP contribution in [0.5, 0.6) is 0 Å². The minimum Gasteiger partial charge on any atom is -0.480 e. The van der Waals surface area contributed by atoms with E-state index in [0.717, 1.165) is 12.8 Å². The number of aliphatic carboxylic acids is 1. The van der Waals surface area contributed by atoms with Crippen LogP contribution in [0.25, 0.3) is 0 Å². The van der Waals surface area contributed by atoms with Gasteiger partial charge in [0.1, 0.15) is 6.04 Å². The van der Waals surface area contributed by atoms with Gasteiger partial charge in [0.25, 0.3) is 0 Å². The van der Waals surface area contributed by atoms with E-state index in [2.05, 4.69) is 5.32 Å². The largest absolute Gasteiger partial charge is 0.480 e. The second kappa shape index (κ2) is 4.82. The van der Waals surface area contributed by atoms with Gasteiger partial charge in [-0.05, 0) is 18.8 Å². The van der Waals surface area contributed by atoms with Crippen LogP contribution >= 0.6 is 0 Å². The molecular formula is C11H17NO4. The van der Waals surface area contributed by atoms with Crippen molar-refractivity contribution in [1.82, 2.24) is 5.32 Å². The topological polar surface area (TPSA) is 75.6 Å². The predicted octanol–water partition coefficient (Wildman–Crippen LogP) is 0.392. The van der Waals surface area contributed by atoms with Gasteiger partial charge in [0.05, 0.1) is 12.5 Å². The molecule has 1 aliphatic heterocycles. The van der Waals surface area contributed by atoms with E-state index < -0.39 is 12.0 Å². The average Bonchev–Trinajstić information content (AvgIpc) is 2.89. The predicted molar refractivity (Wildman–Crippen MR) is 55.8 cm³/mol. The van der Waals surface area contributed by atoms with Crippen LogP contribution in [0, 0.1) is 11.8 Å². The summed E-state index contributed by atoms with van der Waals surface area (Å²) < 4.78 is 5.11. The first kappa shape index (κ1) is 11.4. The first-order valence-corrected chi connectivity index (χ1v) is 5.77. The Kier molecular flexibility index (Phi) is 3.43. The number of amides is 1. The molecule has 1 saturated carbocycles. The number of carbonyl (C=O) groups excluding carboxylic acids is 1. The Bertz CT molecular complexity index is 282. The molecule has 1 aliphatic carbocycles. The van der Waals surface area contributed by atoms with Crippen molar-refractivity contribution >= 4 is 11.9 Å². The van der Waals surface area contributed by atoms with Crippen molar-refractivity contribution in [2.24, 2.45) is 11.8 Å². The lowest BCUT2D eigenvalue weighted by atomic mass is 10.1. The third kappa shape index (κ3) is 2.95. The molecule has 2 N–H and O–H groups in total. The van der Waals surface area contributed by atoms with Crippen LogP contribution in [0.3, 0.4) is 0 Å². The third-order valence-corrected chi connectivity index (χ3v) is 3.18. The molecule has 0 aromatic heterocycles. The molecule has 2 aliphatic rings. The van der Waals surface area contributed by atoms with Crippen molar-refractivity contribution in [2.75, 3.05) is 13.2 Å². The maximum Gasteiger partial charge on any atom is 0.326 e. The number of carboxylic acids is 1. The lowest BCUT2D eigenvalue weighted by Crippen LogP contribution is -2.44. The van der Waals surface area contributed by atoms with Crippen molar-refractivity contribution in [2.45, 2.75) is 31.7 Å². The quantitative estimate of drug-likeness (QED) is 0.712. The fourth-order valence-electron chi connectivity index (χ4n) is 1.94. The summed E-state index contributed by atoms with van der Waals surface area (Å²) in [6.45, 7) is 1.01. The molecule has 2 rings (SSSR count). The number of nitrogens with one attached hydrogen (secondary N) is 1. The first-order chi connectivity index (χ1) is 7.66. The zero-order valence-electron chi connectivity index (χ0n) is 9.15. The minimum absolute atomic E-state index is 0.166. The molecule has 90 valence electrons. The zero-order valence-corrected chi connectivity index (χ0v) is 9.15. The van der Waals surface area contributed by atoms with Gasteiger partial charge in [-0.25, -0.2) is 4.79 Å². The molecule has 5 heteroatoms. The highest BCUT2D eigenvalue weighted by atomic mass is 16.5. The maximum absolute atomic E-state index is 11.7. The Morgan fingerprint density at radius 3 is 2.62 bits per heavy atom. The van der Waals surface area contributed by atoms with Crippen LogP contribution in [-0.4, -0.2) is 36.2 Å². The highest BCUT2D eigenvalue weighted by Crippen LogP contribution is 2.33. The summed E-state index contributed by atoms with van der Waals surface area (Å²) in [7, 11) is 0. The van der Waals surface area contributed by atoms with Gasteiger partial charge in [-0.15, -0.1) is 0 Å². The maximum atomic E-state index is 11.7. The van der Waals surface area contributed by atoms with Crippen LogP contribution in [0.2, 0.25) is 0 Å². The Hall–Kier alpha value is -1.10. The number of ether oxygens (including phenoxy) is 1. The highest BCUT2D eigenvalue weighted by Gasteiger charge is 2.32. The van der Waals surface area contributed by atoms with Gasteiger partial charge in [0.2, 0.25) is 5.91 Å². The second-order valence-corrected chi connectivity index (χ2v) is 4.64. The number of hydrogen-bond donors (Lipinski definition) is 2. The molecule has 0 unspecified atom stereocenters. The fraction of sp³-hybridized carbons (Fsp3) is 0.818. The van der Waals surface area contributed by atoms with Gasteiger partial charge >= 0.3 is 5.97 Å². The van der Waals surface area contributed by atoms with Crippen LogP contribution in [0.4, 0.5) is 0 Å². The SMILES string of the molecule is O=C(N[C@H](CC1CC1)C(=O)O)[C@H]1CCOC1. The van der Waals surface area contributed by atoms with Crippen LogP contribution < -0.4 is 5.32 Å². The van der Waals surface area contributed by atoms with E-state index in [1.54, 1.807) is 0 Å². The summed E-state index contributed by atoms with van der Waals surface area (Å²) in [5, 5.41) is 11.6. The number of carboxylic acid groups (broad SMARTS) is 1. The summed E-state index contributed by atoms with van der Waals surface area (Å²) in [6, 6.07) is -0.722. The smallest absolute Gasteiger partial charge is 0.326 e.